The molecule has 1 fully saturated rings. The molecule has 0 saturated carbocycles. The van der Waals surface area contributed by atoms with Crippen molar-refractivity contribution in [1.82, 2.24) is 10.2 Å². The molecular formula is C13H23N4O2+. The summed E-state index contributed by atoms with van der Waals surface area (Å²) in [7, 11) is 3.63. The molecule has 0 unspecified atom stereocenters. The summed E-state index contributed by atoms with van der Waals surface area (Å²) < 4.78 is 5.28. The Balaban J connectivity index is 2.41. The summed E-state index contributed by atoms with van der Waals surface area (Å²) in [5.41, 5.74) is 0.862. The first kappa shape index (κ1) is 15.5. The molecule has 1 rings (SSSR count). The summed E-state index contributed by atoms with van der Waals surface area (Å²) >= 11 is 0. The minimum Gasteiger partial charge on any atom is -0.380 e. The lowest BCUT2D eigenvalue weighted by molar-refractivity contribution is -0.906. The molecule has 0 atom stereocenters. The molecule has 1 amide bonds. The largest absolute Gasteiger partial charge is 0.380 e. The van der Waals surface area contributed by atoms with E-state index >= 15 is 0 Å². The average Bonchev–Trinajstić information content (AvgIpc) is 2.40. The van der Waals surface area contributed by atoms with Crippen LogP contribution in [-0.4, -0.2) is 64.3 Å². The summed E-state index contributed by atoms with van der Waals surface area (Å²) in [6.07, 6.45) is 0. The van der Waals surface area contributed by atoms with Gasteiger partial charge in [-0.05, 0) is 6.92 Å². The van der Waals surface area contributed by atoms with E-state index in [4.69, 9.17) is 10.00 Å². The fourth-order valence-corrected chi connectivity index (χ4v) is 1.87. The second kappa shape index (κ2) is 7.77. The molecule has 0 spiro atoms. The maximum absolute atomic E-state index is 11.9. The van der Waals surface area contributed by atoms with Gasteiger partial charge in [0.15, 0.2) is 0 Å². The molecule has 0 aromatic rings. The van der Waals surface area contributed by atoms with E-state index in [9.17, 15) is 4.79 Å². The molecule has 1 heterocycles. The van der Waals surface area contributed by atoms with Crippen LogP contribution in [0.4, 0.5) is 0 Å². The van der Waals surface area contributed by atoms with Gasteiger partial charge in [0.25, 0.3) is 5.91 Å². The number of nitriles is 1. The van der Waals surface area contributed by atoms with Gasteiger partial charge in [0.05, 0.1) is 26.3 Å². The van der Waals surface area contributed by atoms with E-state index in [0.717, 1.165) is 32.8 Å². The first-order valence-corrected chi connectivity index (χ1v) is 6.54. The predicted octanol–water partition coefficient (Wildman–Crippen LogP) is -1.62. The second-order valence-corrected chi connectivity index (χ2v) is 4.83. The predicted molar refractivity (Wildman–Crippen MR) is 71.4 cm³/mol. The van der Waals surface area contributed by atoms with Crippen LogP contribution in [-0.2, 0) is 9.53 Å². The van der Waals surface area contributed by atoms with Crippen LogP contribution in [0.3, 0.4) is 0 Å². The van der Waals surface area contributed by atoms with Gasteiger partial charge in [-0.25, -0.2) is 0 Å². The molecule has 1 saturated heterocycles. The van der Waals surface area contributed by atoms with Gasteiger partial charge in [0.2, 0.25) is 0 Å². The van der Waals surface area contributed by atoms with Gasteiger partial charge in [-0.3, -0.25) is 4.79 Å². The van der Waals surface area contributed by atoms with Crippen molar-refractivity contribution in [3.8, 4) is 6.07 Å². The van der Waals surface area contributed by atoms with E-state index in [0.29, 0.717) is 12.2 Å². The summed E-state index contributed by atoms with van der Waals surface area (Å²) in [5.74, 6) is -0.290. The SMILES string of the molecule is C/C(=C(/C#N)C(=O)NCC[NH+]1CCOCC1)N(C)C. The Labute approximate surface area is 114 Å². The first-order valence-electron chi connectivity index (χ1n) is 6.54. The highest BCUT2D eigenvalue weighted by molar-refractivity contribution is 5.97. The van der Waals surface area contributed by atoms with Crippen LogP contribution in [0.1, 0.15) is 6.92 Å². The van der Waals surface area contributed by atoms with Crippen LogP contribution in [0, 0.1) is 11.3 Å². The molecule has 0 aromatic heterocycles. The van der Waals surface area contributed by atoms with E-state index in [2.05, 4.69) is 5.32 Å². The van der Waals surface area contributed by atoms with E-state index in [-0.39, 0.29) is 11.5 Å². The molecule has 0 aromatic carbocycles. The van der Waals surface area contributed by atoms with Crippen LogP contribution in [0.25, 0.3) is 0 Å². The maximum atomic E-state index is 11.9. The van der Waals surface area contributed by atoms with Crippen LogP contribution in [0.2, 0.25) is 0 Å². The van der Waals surface area contributed by atoms with Gasteiger partial charge in [-0.2, -0.15) is 5.26 Å². The smallest absolute Gasteiger partial charge is 0.263 e. The Morgan fingerprint density at radius 1 is 1.42 bits per heavy atom. The Kier molecular flexibility index (Phi) is 6.33. The van der Waals surface area contributed by atoms with Crippen molar-refractivity contribution in [3.63, 3.8) is 0 Å². The van der Waals surface area contributed by atoms with E-state index in [1.54, 1.807) is 11.8 Å². The third-order valence-corrected chi connectivity index (χ3v) is 3.34. The molecule has 6 nitrogen and oxygen atoms in total. The fourth-order valence-electron chi connectivity index (χ4n) is 1.87. The molecular weight excluding hydrogens is 244 g/mol. The molecule has 106 valence electrons. The second-order valence-electron chi connectivity index (χ2n) is 4.83. The standard InChI is InChI=1S/C13H22N4O2/c1-11(16(2)3)12(10-14)13(18)15-4-5-17-6-8-19-9-7-17/h4-9H2,1-3H3,(H,15,18)/p+1/b12-11+. The molecule has 0 radical (unpaired) electrons. The van der Waals surface area contributed by atoms with Crippen molar-refractivity contribution in [3.05, 3.63) is 11.3 Å². The highest BCUT2D eigenvalue weighted by Crippen LogP contribution is 2.05. The van der Waals surface area contributed by atoms with Crippen LogP contribution >= 0.6 is 0 Å². The zero-order chi connectivity index (χ0) is 14.3. The normalized spacial score (nSPS) is 17.4. The number of allylic oxidation sites excluding steroid dienone is 1. The van der Waals surface area contributed by atoms with E-state index in [1.807, 2.05) is 20.2 Å². The number of quaternary nitrogens is 1. The Morgan fingerprint density at radius 3 is 2.58 bits per heavy atom. The topological polar surface area (TPSA) is 69.8 Å². The third-order valence-electron chi connectivity index (χ3n) is 3.34. The van der Waals surface area contributed by atoms with Gasteiger partial charge in [-0.1, -0.05) is 0 Å². The number of carbonyl (C=O) groups is 1. The van der Waals surface area contributed by atoms with Crippen molar-refractivity contribution in [1.29, 1.82) is 5.26 Å². The monoisotopic (exact) mass is 267 g/mol. The summed E-state index contributed by atoms with van der Waals surface area (Å²) in [6.45, 7) is 6.75. The van der Waals surface area contributed by atoms with Gasteiger partial charge < -0.3 is 19.9 Å². The quantitative estimate of drug-likeness (QED) is 0.464. The zero-order valence-electron chi connectivity index (χ0n) is 12.0. The van der Waals surface area contributed by atoms with Crippen LogP contribution < -0.4 is 10.2 Å². The van der Waals surface area contributed by atoms with Crippen molar-refractivity contribution in [2.75, 3.05) is 53.5 Å². The number of hydrogen-bond donors (Lipinski definition) is 2. The first-order chi connectivity index (χ1) is 9.06. The van der Waals surface area contributed by atoms with Crippen LogP contribution in [0.15, 0.2) is 11.3 Å². The number of nitrogens with zero attached hydrogens (tertiary/aromatic N) is 2. The summed E-state index contributed by atoms with van der Waals surface area (Å²) in [4.78, 5) is 15.1. The minimum absolute atomic E-state index is 0.182. The highest BCUT2D eigenvalue weighted by Gasteiger charge is 2.16. The molecule has 0 bridgehead atoms. The van der Waals surface area contributed by atoms with E-state index < -0.39 is 0 Å². The van der Waals surface area contributed by atoms with Gasteiger partial charge in [-0.15, -0.1) is 0 Å². The molecule has 1 aliphatic heterocycles. The lowest BCUT2D eigenvalue weighted by Crippen LogP contribution is -3.14. The van der Waals surface area contributed by atoms with Crippen LogP contribution in [0.5, 0.6) is 0 Å². The Bertz CT molecular complexity index is 379. The van der Waals surface area contributed by atoms with Crippen molar-refractivity contribution in [2.24, 2.45) is 0 Å². The Morgan fingerprint density at radius 2 is 2.05 bits per heavy atom. The molecule has 2 N–H and O–H groups in total. The molecule has 1 aliphatic rings. The van der Waals surface area contributed by atoms with Gasteiger partial charge in [0.1, 0.15) is 24.7 Å². The molecule has 0 aliphatic carbocycles. The van der Waals surface area contributed by atoms with Crippen molar-refractivity contribution in [2.45, 2.75) is 6.92 Å². The van der Waals surface area contributed by atoms with E-state index in [1.165, 1.54) is 4.90 Å². The highest BCUT2D eigenvalue weighted by atomic mass is 16.5. The fraction of sp³-hybridized carbons (Fsp3) is 0.692. The maximum Gasteiger partial charge on any atom is 0.263 e. The number of morpholine rings is 1. The zero-order valence-corrected chi connectivity index (χ0v) is 12.0. The lowest BCUT2D eigenvalue weighted by atomic mass is 10.2. The van der Waals surface area contributed by atoms with Crippen molar-refractivity contribution < 1.29 is 14.4 Å². The summed E-state index contributed by atoms with van der Waals surface area (Å²) in [6, 6.07) is 1.97. The number of carbonyl (C=O) groups excluding carboxylic acids is 1. The van der Waals surface area contributed by atoms with Crippen molar-refractivity contribution >= 4 is 5.91 Å². The number of hydrogen-bond acceptors (Lipinski definition) is 4. The minimum atomic E-state index is -0.290. The number of ether oxygens (including phenoxy) is 1. The molecule has 6 heteroatoms. The number of rotatable bonds is 5. The molecule has 19 heavy (non-hydrogen) atoms. The Hall–Kier alpha value is -1.58. The van der Waals surface area contributed by atoms with Gasteiger partial charge >= 0.3 is 0 Å². The lowest BCUT2D eigenvalue weighted by Gasteiger charge is -2.23. The summed E-state index contributed by atoms with van der Waals surface area (Å²) in [5, 5.41) is 11.9. The number of amides is 1. The average molecular weight is 267 g/mol. The van der Waals surface area contributed by atoms with Gasteiger partial charge in [0, 0.05) is 19.8 Å². The number of nitrogens with one attached hydrogen (secondary N) is 2. The third kappa shape index (κ3) is 4.89.